The molecule has 6 heteroatoms. The van der Waals surface area contributed by atoms with Crippen molar-refractivity contribution in [3.8, 4) is 6.07 Å². The molecule has 0 saturated carbocycles. The van der Waals surface area contributed by atoms with Crippen molar-refractivity contribution < 1.29 is 4.92 Å². The second-order valence-corrected chi connectivity index (χ2v) is 4.59. The molecule has 90 valence electrons. The summed E-state index contributed by atoms with van der Waals surface area (Å²) in [5.41, 5.74) is 0.752. The van der Waals surface area contributed by atoms with Gasteiger partial charge in [0, 0.05) is 35.6 Å². The van der Waals surface area contributed by atoms with E-state index in [1.165, 1.54) is 6.07 Å². The van der Waals surface area contributed by atoms with Crippen LogP contribution in [0.2, 0.25) is 0 Å². The van der Waals surface area contributed by atoms with Gasteiger partial charge < -0.3 is 4.90 Å². The molecule has 1 rings (SSSR count). The summed E-state index contributed by atoms with van der Waals surface area (Å²) in [5.74, 6) is 0. The Labute approximate surface area is 108 Å². The van der Waals surface area contributed by atoms with Gasteiger partial charge in [0.25, 0.3) is 5.69 Å². The molecular weight excluding hydrogens is 286 g/mol. The molecule has 0 spiro atoms. The molecule has 0 aromatic heterocycles. The largest absolute Gasteiger partial charge is 0.301 e. The van der Waals surface area contributed by atoms with E-state index in [0.717, 1.165) is 0 Å². The number of nitro benzene ring substituents is 1. The number of nitriles is 1. The van der Waals surface area contributed by atoms with E-state index in [2.05, 4.69) is 15.9 Å². The van der Waals surface area contributed by atoms with Crippen molar-refractivity contribution in [1.82, 2.24) is 4.90 Å². The van der Waals surface area contributed by atoms with Gasteiger partial charge in [0.2, 0.25) is 0 Å². The highest BCUT2D eigenvalue weighted by Gasteiger charge is 2.15. The van der Waals surface area contributed by atoms with E-state index in [1.807, 2.05) is 18.0 Å². The Morgan fingerprint density at radius 3 is 2.88 bits per heavy atom. The van der Waals surface area contributed by atoms with Gasteiger partial charge in [0.1, 0.15) is 0 Å². The molecular formula is C11H12BrN3O2. The average molecular weight is 298 g/mol. The van der Waals surface area contributed by atoms with Crippen LogP contribution in [0.3, 0.4) is 0 Å². The molecule has 5 nitrogen and oxygen atoms in total. The molecule has 0 amide bonds. The molecule has 0 aliphatic carbocycles. The third-order valence-electron chi connectivity index (χ3n) is 2.29. The van der Waals surface area contributed by atoms with Gasteiger partial charge in [-0.1, -0.05) is 15.9 Å². The van der Waals surface area contributed by atoms with Gasteiger partial charge >= 0.3 is 0 Å². The molecule has 0 heterocycles. The van der Waals surface area contributed by atoms with E-state index >= 15 is 0 Å². The number of rotatable bonds is 5. The summed E-state index contributed by atoms with van der Waals surface area (Å²) >= 11 is 3.21. The van der Waals surface area contributed by atoms with Crippen LogP contribution < -0.4 is 0 Å². The topological polar surface area (TPSA) is 70.2 Å². The molecule has 0 N–H and O–H groups in total. The highest BCUT2D eigenvalue weighted by atomic mass is 79.9. The maximum atomic E-state index is 10.9. The van der Waals surface area contributed by atoms with Crippen molar-refractivity contribution >= 4 is 21.6 Å². The van der Waals surface area contributed by atoms with Gasteiger partial charge in [0.05, 0.1) is 11.0 Å². The fourth-order valence-electron chi connectivity index (χ4n) is 1.45. The zero-order valence-corrected chi connectivity index (χ0v) is 11.0. The third-order valence-corrected chi connectivity index (χ3v) is 2.78. The quantitative estimate of drug-likeness (QED) is 0.619. The lowest BCUT2D eigenvalue weighted by atomic mass is 10.1. The van der Waals surface area contributed by atoms with E-state index in [0.29, 0.717) is 29.5 Å². The first-order valence-corrected chi connectivity index (χ1v) is 5.82. The average Bonchev–Trinajstić information content (AvgIpc) is 2.28. The van der Waals surface area contributed by atoms with Gasteiger partial charge in [0.15, 0.2) is 0 Å². The number of nitro groups is 1. The molecule has 0 radical (unpaired) electrons. The fraction of sp³-hybridized carbons (Fsp3) is 0.364. The highest BCUT2D eigenvalue weighted by Crippen LogP contribution is 2.24. The number of hydrogen-bond acceptors (Lipinski definition) is 4. The Hall–Kier alpha value is -1.45. The molecule has 0 unspecified atom stereocenters. The summed E-state index contributed by atoms with van der Waals surface area (Å²) in [6, 6.07) is 7.05. The predicted molar refractivity (Wildman–Crippen MR) is 67.4 cm³/mol. The zero-order chi connectivity index (χ0) is 12.8. The third kappa shape index (κ3) is 4.13. The van der Waals surface area contributed by atoms with Crippen molar-refractivity contribution in [2.24, 2.45) is 0 Å². The van der Waals surface area contributed by atoms with Crippen molar-refractivity contribution in [2.45, 2.75) is 13.0 Å². The monoisotopic (exact) mass is 297 g/mol. The summed E-state index contributed by atoms with van der Waals surface area (Å²) in [4.78, 5) is 12.4. The summed E-state index contributed by atoms with van der Waals surface area (Å²) in [5, 5.41) is 19.4. The molecule has 0 saturated heterocycles. The van der Waals surface area contributed by atoms with Crippen LogP contribution in [0.25, 0.3) is 0 Å². The minimum Gasteiger partial charge on any atom is -0.301 e. The SMILES string of the molecule is CN(CCC#N)Cc1ccc(Br)cc1[N+](=O)[O-]. The Balaban J connectivity index is 2.83. The highest BCUT2D eigenvalue weighted by molar-refractivity contribution is 9.10. The number of hydrogen-bond donors (Lipinski definition) is 0. The molecule has 17 heavy (non-hydrogen) atoms. The standard InChI is InChI=1S/C11H12BrN3O2/c1-14(6-2-5-13)8-9-3-4-10(12)7-11(9)15(16)17/h3-4,7H,2,6,8H2,1H3. The van der Waals surface area contributed by atoms with Crippen LogP contribution in [0.15, 0.2) is 22.7 Å². The Kier molecular flexibility index (Phi) is 5.07. The summed E-state index contributed by atoms with van der Waals surface area (Å²) in [6.45, 7) is 1.06. The molecule has 0 bridgehead atoms. The van der Waals surface area contributed by atoms with Crippen molar-refractivity contribution in [3.05, 3.63) is 38.3 Å². The van der Waals surface area contributed by atoms with Crippen LogP contribution in [0.4, 0.5) is 5.69 Å². The zero-order valence-electron chi connectivity index (χ0n) is 9.39. The maximum Gasteiger partial charge on any atom is 0.275 e. The lowest BCUT2D eigenvalue weighted by Crippen LogP contribution is -2.19. The van der Waals surface area contributed by atoms with Crippen LogP contribution in [0.1, 0.15) is 12.0 Å². The van der Waals surface area contributed by atoms with Gasteiger partial charge in [-0.2, -0.15) is 5.26 Å². The lowest BCUT2D eigenvalue weighted by molar-refractivity contribution is -0.385. The van der Waals surface area contributed by atoms with Crippen LogP contribution >= 0.6 is 15.9 Å². The first kappa shape index (κ1) is 13.6. The van der Waals surface area contributed by atoms with Gasteiger partial charge in [-0.05, 0) is 19.2 Å². The van der Waals surface area contributed by atoms with E-state index in [1.54, 1.807) is 12.1 Å². The van der Waals surface area contributed by atoms with Crippen molar-refractivity contribution in [2.75, 3.05) is 13.6 Å². The van der Waals surface area contributed by atoms with Crippen LogP contribution in [-0.4, -0.2) is 23.4 Å². The molecule has 0 fully saturated rings. The summed E-state index contributed by atoms with van der Waals surface area (Å²) < 4.78 is 0.688. The summed E-state index contributed by atoms with van der Waals surface area (Å²) in [6.07, 6.45) is 0.417. The van der Waals surface area contributed by atoms with Gasteiger partial charge in [-0.25, -0.2) is 0 Å². The summed E-state index contributed by atoms with van der Waals surface area (Å²) in [7, 11) is 1.84. The van der Waals surface area contributed by atoms with E-state index in [9.17, 15) is 10.1 Å². The minimum absolute atomic E-state index is 0.100. The fourth-order valence-corrected chi connectivity index (χ4v) is 1.80. The first-order chi connectivity index (χ1) is 8.04. The predicted octanol–water partition coefficient (Wildman–Crippen LogP) is 2.70. The Morgan fingerprint density at radius 1 is 1.59 bits per heavy atom. The van der Waals surface area contributed by atoms with Crippen molar-refractivity contribution in [3.63, 3.8) is 0 Å². The smallest absolute Gasteiger partial charge is 0.275 e. The van der Waals surface area contributed by atoms with Crippen molar-refractivity contribution in [1.29, 1.82) is 5.26 Å². The van der Waals surface area contributed by atoms with E-state index in [-0.39, 0.29) is 5.69 Å². The van der Waals surface area contributed by atoms with Gasteiger partial charge in [-0.3, -0.25) is 10.1 Å². The van der Waals surface area contributed by atoms with Crippen LogP contribution in [-0.2, 0) is 6.54 Å². The van der Waals surface area contributed by atoms with Gasteiger partial charge in [-0.15, -0.1) is 0 Å². The molecule has 0 aliphatic heterocycles. The molecule has 0 aliphatic rings. The second-order valence-electron chi connectivity index (χ2n) is 3.68. The normalized spacial score (nSPS) is 10.2. The second kappa shape index (κ2) is 6.33. The van der Waals surface area contributed by atoms with Crippen LogP contribution in [0, 0.1) is 21.4 Å². The number of nitrogens with zero attached hydrogens (tertiary/aromatic N) is 3. The van der Waals surface area contributed by atoms with E-state index in [4.69, 9.17) is 5.26 Å². The van der Waals surface area contributed by atoms with Crippen LogP contribution in [0.5, 0.6) is 0 Å². The molecule has 1 aromatic carbocycles. The van der Waals surface area contributed by atoms with E-state index < -0.39 is 4.92 Å². The first-order valence-electron chi connectivity index (χ1n) is 5.03. The number of benzene rings is 1. The lowest BCUT2D eigenvalue weighted by Gasteiger charge is -2.14. The number of halogens is 1. The minimum atomic E-state index is -0.391. The Morgan fingerprint density at radius 2 is 2.29 bits per heavy atom. The molecule has 0 atom stereocenters. The Bertz CT molecular complexity index is 457. The maximum absolute atomic E-state index is 10.9. The molecule has 1 aromatic rings.